The number of rotatable bonds is 5. The summed E-state index contributed by atoms with van der Waals surface area (Å²) in [6, 6.07) is 64.5. The SMILES string of the molecule is c1ccc(-c2nc(-c3ccccc3)nc(-n3c4cc(-c5cccc(-c6cccc7c6sc6ccccc67)c5)ccc4c4c5ccccc5ccc43)n2)cc1. The van der Waals surface area contributed by atoms with Crippen molar-refractivity contribution in [3.8, 4) is 51.0 Å². The molecule has 0 saturated heterocycles. The third kappa shape index (κ3) is 4.94. The van der Waals surface area contributed by atoms with E-state index in [0.29, 0.717) is 17.6 Å². The molecule has 11 aromatic rings. The van der Waals surface area contributed by atoms with E-state index < -0.39 is 0 Å². The standard InChI is InChI=1S/C49H30N4S/c1-3-14-32(15-4-1)47-50-48(33-16-5-2-6-17-33)52-49(51-47)53-42-28-26-31-13-7-8-20-37(31)45(42)41-27-25-35(30-43(41)53)34-18-11-19-36(29-34)38-22-12-23-40-39-21-9-10-24-44(39)54-46(38)40/h1-30H. The Morgan fingerprint density at radius 3 is 1.81 bits per heavy atom. The van der Waals surface area contributed by atoms with E-state index in [1.807, 2.05) is 47.7 Å². The Morgan fingerprint density at radius 1 is 0.389 bits per heavy atom. The van der Waals surface area contributed by atoms with Gasteiger partial charge in [-0.25, -0.2) is 4.98 Å². The number of benzene rings is 8. The fourth-order valence-corrected chi connectivity index (χ4v) is 9.16. The van der Waals surface area contributed by atoms with E-state index in [1.165, 1.54) is 47.5 Å². The second-order valence-electron chi connectivity index (χ2n) is 13.6. The minimum Gasteiger partial charge on any atom is -0.278 e. The van der Waals surface area contributed by atoms with E-state index in [2.05, 4.69) is 150 Å². The Labute approximate surface area is 315 Å². The smallest absolute Gasteiger partial charge is 0.238 e. The quantitative estimate of drug-likeness (QED) is 0.179. The number of aromatic nitrogens is 4. The summed E-state index contributed by atoms with van der Waals surface area (Å²) in [5.41, 5.74) is 8.71. The summed E-state index contributed by atoms with van der Waals surface area (Å²) in [5, 5.41) is 7.35. The molecule has 0 unspecified atom stereocenters. The van der Waals surface area contributed by atoms with Gasteiger partial charge in [-0.3, -0.25) is 4.57 Å². The van der Waals surface area contributed by atoms with Crippen molar-refractivity contribution < 1.29 is 0 Å². The zero-order chi connectivity index (χ0) is 35.6. The van der Waals surface area contributed by atoms with Crippen molar-refractivity contribution in [2.75, 3.05) is 0 Å². The third-order valence-electron chi connectivity index (χ3n) is 10.5. The van der Waals surface area contributed by atoms with Crippen molar-refractivity contribution in [2.45, 2.75) is 0 Å². The molecule has 5 heteroatoms. The maximum absolute atomic E-state index is 5.20. The molecule has 3 aromatic heterocycles. The lowest BCUT2D eigenvalue weighted by atomic mass is 9.97. The summed E-state index contributed by atoms with van der Waals surface area (Å²) in [5.74, 6) is 1.85. The van der Waals surface area contributed by atoms with E-state index in [9.17, 15) is 0 Å². The van der Waals surface area contributed by atoms with Crippen LogP contribution in [-0.2, 0) is 0 Å². The van der Waals surface area contributed by atoms with E-state index >= 15 is 0 Å². The van der Waals surface area contributed by atoms with Gasteiger partial charge >= 0.3 is 0 Å². The average molecular weight is 707 g/mol. The van der Waals surface area contributed by atoms with Crippen LogP contribution in [0.1, 0.15) is 0 Å². The maximum atomic E-state index is 5.20. The second-order valence-corrected chi connectivity index (χ2v) is 14.7. The summed E-state index contributed by atoms with van der Waals surface area (Å²) in [6.45, 7) is 0. The van der Waals surface area contributed by atoms with E-state index in [-0.39, 0.29) is 0 Å². The van der Waals surface area contributed by atoms with Crippen molar-refractivity contribution in [1.82, 2.24) is 19.5 Å². The Kier molecular flexibility index (Phi) is 7.00. The number of hydrogen-bond donors (Lipinski definition) is 0. The first-order valence-corrected chi connectivity index (χ1v) is 18.9. The van der Waals surface area contributed by atoms with Crippen LogP contribution in [0, 0.1) is 0 Å². The normalized spacial score (nSPS) is 11.7. The van der Waals surface area contributed by atoms with Gasteiger partial charge in [-0.15, -0.1) is 11.3 Å². The van der Waals surface area contributed by atoms with Gasteiger partial charge < -0.3 is 0 Å². The molecule has 0 aliphatic rings. The maximum Gasteiger partial charge on any atom is 0.238 e. The molecule has 8 aromatic carbocycles. The highest BCUT2D eigenvalue weighted by molar-refractivity contribution is 7.26. The first-order chi connectivity index (χ1) is 26.8. The summed E-state index contributed by atoms with van der Waals surface area (Å²) >= 11 is 1.87. The monoisotopic (exact) mass is 706 g/mol. The topological polar surface area (TPSA) is 43.6 Å². The molecule has 11 rings (SSSR count). The summed E-state index contributed by atoms with van der Waals surface area (Å²) in [7, 11) is 0. The highest BCUT2D eigenvalue weighted by atomic mass is 32.1. The molecule has 0 amide bonds. The molecular weight excluding hydrogens is 677 g/mol. The molecule has 0 aliphatic heterocycles. The fourth-order valence-electron chi connectivity index (χ4n) is 7.92. The van der Waals surface area contributed by atoms with Gasteiger partial charge in [-0.05, 0) is 57.3 Å². The molecule has 0 bridgehead atoms. The largest absolute Gasteiger partial charge is 0.278 e. The van der Waals surface area contributed by atoms with Crippen molar-refractivity contribution >= 4 is 64.1 Å². The predicted octanol–water partition coefficient (Wildman–Crippen LogP) is 13.2. The Balaban J connectivity index is 1.15. The first-order valence-electron chi connectivity index (χ1n) is 18.1. The molecule has 3 heterocycles. The zero-order valence-electron chi connectivity index (χ0n) is 29.0. The lowest BCUT2D eigenvalue weighted by Gasteiger charge is -2.12. The van der Waals surface area contributed by atoms with Crippen molar-refractivity contribution in [2.24, 2.45) is 0 Å². The average Bonchev–Trinajstić information content (AvgIpc) is 3.80. The fraction of sp³-hybridized carbons (Fsp3) is 0. The van der Waals surface area contributed by atoms with Crippen LogP contribution in [0.4, 0.5) is 0 Å². The molecule has 0 spiro atoms. The van der Waals surface area contributed by atoms with Gasteiger partial charge in [0.15, 0.2) is 11.6 Å². The van der Waals surface area contributed by atoms with Crippen molar-refractivity contribution in [3.63, 3.8) is 0 Å². The van der Waals surface area contributed by atoms with E-state index in [4.69, 9.17) is 15.0 Å². The summed E-state index contributed by atoms with van der Waals surface area (Å²) in [6.07, 6.45) is 0. The van der Waals surface area contributed by atoms with Crippen LogP contribution in [0.15, 0.2) is 182 Å². The molecule has 0 saturated carbocycles. The molecule has 0 fully saturated rings. The second kappa shape index (κ2) is 12.3. The minimum atomic E-state index is 0.584. The van der Waals surface area contributed by atoms with Crippen molar-refractivity contribution in [1.29, 1.82) is 0 Å². The van der Waals surface area contributed by atoms with Gasteiger partial charge in [0.1, 0.15) is 0 Å². The molecule has 0 atom stereocenters. The number of fused-ring (bicyclic) bond motifs is 8. The van der Waals surface area contributed by atoms with Crippen LogP contribution in [0.5, 0.6) is 0 Å². The third-order valence-corrected chi connectivity index (χ3v) is 11.7. The van der Waals surface area contributed by atoms with Crippen LogP contribution in [-0.4, -0.2) is 19.5 Å². The number of hydrogen-bond acceptors (Lipinski definition) is 4. The highest BCUT2D eigenvalue weighted by Crippen LogP contribution is 2.42. The van der Waals surface area contributed by atoms with Crippen LogP contribution in [0.3, 0.4) is 0 Å². The molecule has 252 valence electrons. The summed E-state index contributed by atoms with van der Waals surface area (Å²) < 4.78 is 4.85. The first kappa shape index (κ1) is 30.7. The summed E-state index contributed by atoms with van der Waals surface area (Å²) in [4.78, 5) is 15.4. The zero-order valence-corrected chi connectivity index (χ0v) is 29.8. The van der Waals surface area contributed by atoms with Crippen LogP contribution in [0.2, 0.25) is 0 Å². The van der Waals surface area contributed by atoms with Gasteiger partial charge in [-0.1, -0.05) is 158 Å². The van der Waals surface area contributed by atoms with E-state index in [1.54, 1.807) is 0 Å². The van der Waals surface area contributed by atoms with Gasteiger partial charge in [0, 0.05) is 42.1 Å². The van der Waals surface area contributed by atoms with E-state index in [0.717, 1.165) is 38.7 Å². The van der Waals surface area contributed by atoms with Gasteiger partial charge in [0.25, 0.3) is 0 Å². The van der Waals surface area contributed by atoms with Gasteiger partial charge in [0.2, 0.25) is 5.95 Å². The van der Waals surface area contributed by atoms with Crippen LogP contribution < -0.4 is 0 Å². The van der Waals surface area contributed by atoms with Gasteiger partial charge in [0.05, 0.1) is 11.0 Å². The van der Waals surface area contributed by atoms with Gasteiger partial charge in [-0.2, -0.15) is 9.97 Å². The number of thiophene rings is 1. The van der Waals surface area contributed by atoms with Crippen molar-refractivity contribution in [3.05, 3.63) is 182 Å². The Morgan fingerprint density at radius 2 is 1.02 bits per heavy atom. The Bertz CT molecular complexity index is 3160. The number of nitrogens with zero attached hydrogens (tertiary/aromatic N) is 4. The predicted molar refractivity (Wildman–Crippen MR) is 226 cm³/mol. The highest BCUT2D eigenvalue weighted by Gasteiger charge is 2.20. The molecule has 0 N–H and O–H groups in total. The molecule has 4 nitrogen and oxygen atoms in total. The Hall–Kier alpha value is -6.95. The molecule has 54 heavy (non-hydrogen) atoms. The molecule has 0 aliphatic carbocycles. The minimum absolute atomic E-state index is 0.584. The van der Waals surface area contributed by atoms with Crippen LogP contribution in [0.25, 0.3) is 104 Å². The lowest BCUT2D eigenvalue weighted by molar-refractivity contribution is 0.954. The van der Waals surface area contributed by atoms with Crippen LogP contribution >= 0.6 is 11.3 Å². The molecule has 0 radical (unpaired) electrons. The molecular formula is C49H30N4S. The lowest BCUT2D eigenvalue weighted by Crippen LogP contribution is -2.06.